The van der Waals surface area contributed by atoms with Gasteiger partial charge < -0.3 is 31.3 Å². The van der Waals surface area contributed by atoms with Crippen LogP contribution in [0, 0.1) is 0 Å². The minimum absolute atomic E-state index is 0.180. The molecule has 5 N–H and O–H groups in total. The number of hydrogen-bond acceptors (Lipinski definition) is 8. The van der Waals surface area contributed by atoms with Crippen LogP contribution in [0.2, 0.25) is 0 Å². The number of carbonyl (C=O) groups excluding carboxylic acids is 2. The number of carbonyl (C=O) groups is 2. The van der Waals surface area contributed by atoms with Gasteiger partial charge in [-0.05, 0) is 106 Å². The second kappa shape index (κ2) is 17.5. The second-order valence-electron chi connectivity index (χ2n) is 11.9. The Morgan fingerprint density at radius 2 is 1.43 bits per heavy atom. The third-order valence-corrected chi connectivity index (χ3v) is 9.06. The lowest BCUT2D eigenvalue weighted by atomic mass is 9.88. The third kappa shape index (κ3) is 9.42. The molecule has 3 aromatic rings. The smallest absolute Gasteiger partial charge is 0.271 e. The van der Waals surface area contributed by atoms with Gasteiger partial charge in [-0.2, -0.15) is 0 Å². The van der Waals surface area contributed by atoms with Gasteiger partial charge in [-0.3, -0.25) is 9.59 Å². The summed E-state index contributed by atoms with van der Waals surface area (Å²) in [6.07, 6.45) is 13.3. The van der Waals surface area contributed by atoms with E-state index in [-0.39, 0.29) is 5.69 Å². The molecule has 10 heteroatoms. The van der Waals surface area contributed by atoms with Gasteiger partial charge in [0.05, 0.1) is 13.3 Å². The van der Waals surface area contributed by atoms with E-state index in [4.69, 9.17) is 21.2 Å². The largest absolute Gasteiger partial charge is 0.497 e. The molecule has 3 aliphatic rings. The molecule has 1 aliphatic carbocycles. The Morgan fingerprint density at radius 3 is 2.00 bits per heavy atom. The van der Waals surface area contributed by atoms with Gasteiger partial charge in [-0.1, -0.05) is 38.8 Å². The summed E-state index contributed by atoms with van der Waals surface area (Å²) in [5, 5.41) is 3.30. The highest BCUT2D eigenvalue weighted by Crippen LogP contribution is 2.33. The van der Waals surface area contributed by atoms with Crippen molar-refractivity contribution in [2.24, 2.45) is 11.5 Å². The normalized spacial score (nSPS) is 17.2. The number of nitrogens with one attached hydrogen (secondary N) is 1. The minimum Gasteiger partial charge on any atom is -0.497 e. The van der Waals surface area contributed by atoms with E-state index < -0.39 is 11.8 Å². The summed E-state index contributed by atoms with van der Waals surface area (Å²) in [4.78, 5) is 36.5. The molecule has 46 heavy (non-hydrogen) atoms. The number of piperidine rings is 2. The molecule has 248 valence electrons. The van der Waals surface area contributed by atoms with Gasteiger partial charge in [0, 0.05) is 30.4 Å². The number of ether oxygens (including phenoxy) is 1. The first-order chi connectivity index (χ1) is 22.4. The summed E-state index contributed by atoms with van der Waals surface area (Å²) in [5.74, 6) is 1.58. The van der Waals surface area contributed by atoms with Gasteiger partial charge >= 0.3 is 0 Å². The number of rotatable bonds is 8. The van der Waals surface area contributed by atoms with Crippen molar-refractivity contribution < 1.29 is 14.3 Å². The topological polar surface area (TPSA) is 140 Å². The third-order valence-electron chi connectivity index (χ3n) is 9.06. The highest BCUT2D eigenvalue weighted by atomic mass is 16.5. The highest BCUT2D eigenvalue weighted by Gasteiger charge is 2.27. The summed E-state index contributed by atoms with van der Waals surface area (Å²) >= 11 is 0. The Labute approximate surface area is 273 Å². The van der Waals surface area contributed by atoms with Gasteiger partial charge in [0.15, 0.2) is 11.5 Å². The number of benzene rings is 2. The van der Waals surface area contributed by atoms with Crippen molar-refractivity contribution in [2.45, 2.75) is 83.6 Å². The van der Waals surface area contributed by atoms with Gasteiger partial charge in [-0.15, -0.1) is 0 Å². The summed E-state index contributed by atoms with van der Waals surface area (Å²) < 4.78 is 4.90. The molecule has 2 amide bonds. The molecule has 0 atom stereocenters. The van der Waals surface area contributed by atoms with Gasteiger partial charge in [0.25, 0.3) is 5.91 Å². The van der Waals surface area contributed by atoms with E-state index in [2.05, 4.69) is 44.4 Å². The number of amides is 2. The van der Waals surface area contributed by atoms with E-state index in [1.807, 2.05) is 13.8 Å². The molecule has 1 aromatic heterocycles. The van der Waals surface area contributed by atoms with Crippen molar-refractivity contribution in [3.63, 3.8) is 0 Å². The Hall–Kier alpha value is -4.18. The minimum atomic E-state index is -0.569. The molecule has 2 aromatic carbocycles. The summed E-state index contributed by atoms with van der Waals surface area (Å²) in [7, 11) is 1.57. The molecule has 3 fully saturated rings. The lowest BCUT2D eigenvalue weighted by Gasteiger charge is -2.36. The molecule has 3 heterocycles. The molecule has 0 bridgehead atoms. The second-order valence-corrected chi connectivity index (χ2v) is 11.9. The molecule has 10 nitrogen and oxygen atoms in total. The standard InChI is InChI=1S/C26H36N6O.C8H9NO2.C2H6/c27-25(33)24-26(30-23(18-28-24)32-14-4-1-5-15-32)29-21-10-8-19(9-11-21)20-12-16-31(17-13-20)22-6-2-3-7-22;1-11-7-4-2-6(3-5-7)8(9)10;1-2/h8-11,18,20,22H,1-7,12-17H2,(H2,27,33)(H,29,30);2-5H,1H3,(H2,9,10);1-2H3. The zero-order valence-electron chi connectivity index (χ0n) is 27.7. The summed E-state index contributed by atoms with van der Waals surface area (Å²) in [6, 6.07) is 16.1. The number of anilines is 3. The molecule has 6 rings (SSSR count). The summed E-state index contributed by atoms with van der Waals surface area (Å²) in [5.41, 5.74) is 13.6. The monoisotopic (exact) mass is 629 g/mol. The molecule has 2 aliphatic heterocycles. The number of likely N-dealkylation sites (tertiary alicyclic amines) is 1. The van der Waals surface area contributed by atoms with Crippen molar-refractivity contribution in [3.05, 3.63) is 71.5 Å². The zero-order valence-corrected chi connectivity index (χ0v) is 27.7. The fourth-order valence-corrected chi connectivity index (χ4v) is 6.52. The Kier molecular flexibility index (Phi) is 13.2. The van der Waals surface area contributed by atoms with E-state index in [1.165, 1.54) is 63.6 Å². The number of primary amides is 2. The Bertz CT molecular complexity index is 1380. The zero-order chi connectivity index (χ0) is 32.9. The van der Waals surface area contributed by atoms with Crippen molar-refractivity contribution in [1.82, 2.24) is 14.9 Å². The van der Waals surface area contributed by atoms with Crippen LogP contribution in [0.4, 0.5) is 17.3 Å². The van der Waals surface area contributed by atoms with Crippen molar-refractivity contribution in [1.29, 1.82) is 0 Å². The van der Waals surface area contributed by atoms with Gasteiger partial charge in [0.1, 0.15) is 11.6 Å². The van der Waals surface area contributed by atoms with Gasteiger partial charge in [0.2, 0.25) is 5.91 Å². The molecular formula is C36H51N7O3. The fourth-order valence-electron chi connectivity index (χ4n) is 6.52. The number of aromatic nitrogens is 2. The molecule has 2 saturated heterocycles. The van der Waals surface area contributed by atoms with E-state index in [9.17, 15) is 9.59 Å². The first-order valence-corrected chi connectivity index (χ1v) is 16.9. The SMILES string of the molecule is CC.COc1ccc(C(N)=O)cc1.NC(=O)c1ncc(N2CCCCC2)nc1Nc1ccc(C2CCN(C3CCCC3)CC2)cc1. The average Bonchev–Trinajstić information content (AvgIpc) is 3.66. The van der Waals surface area contributed by atoms with Crippen LogP contribution in [0.25, 0.3) is 0 Å². The van der Waals surface area contributed by atoms with E-state index in [0.717, 1.165) is 49.2 Å². The molecule has 0 unspecified atom stereocenters. The first-order valence-electron chi connectivity index (χ1n) is 16.9. The maximum absolute atomic E-state index is 11.9. The lowest BCUT2D eigenvalue weighted by molar-refractivity contribution is 0.0989. The molecular weight excluding hydrogens is 578 g/mol. The van der Waals surface area contributed by atoms with Crippen LogP contribution in [0.5, 0.6) is 5.75 Å². The lowest BCUT2D eigenvalue weighted by Crippen LogP contribution is -2.39. The van der Waals surface area contributed by atoms with Crippen LogP contribution < -0.4 is 26.4 Å². The van der Waals surface area contributed by atoms with E-state index in [1.54, 1.807) is 37.6 Å². The van der Waals surface area contributed by atoms with Crippen molar-refractivity contribution in [2.75, 3.05) is 43.5 Å². The molecule has 0 spiro atoms. The number of nitrogens with two attached hydrogens (primary N) is 2. The fraction of sp³-hybridized carbons (Fsp3) is 0.500. The maximum atomic E-state index is 11.9. The number of methoxy groups -OCH3 is 1. The van der Waals surface area contributed by atoms with Crippen molar-refractivity contribution in [3.8, 4) is 5.75 Å². The van der Waals surface area contributed by atoms with Crippen LogP contribution in [0.3, 0.4) is 0 Å². The maximum Gasteiger partial charge on any atom is 0.271 e. The van der Waals surface area contributed by atoms with Crippen LogP contribution in [-0.2, 0) is 0 Å². The predicted molar refractivity (Wildman–Crippen MR) is 185 cm³/mol. The summed E-state index contributed by atoms with van der Waals surface area (Å²) in [6.45, 7) is 8.38. The first kappa shape index (κ1) is 34.7. The Balaban J connectivity index is 0.000000312. The van der Waals surface area contributed by atoms with Crippen LogP contribution >= 0.6 is 0 Å². The molecule has 0 radical (unpaired) electrons. The quantitative estimate of drug-likeness (QED) is 0.266. The van der Waals surface area contributed by atoms with Crippen LogP contribution in [-0.4, -0.2) is 66.0 Å². The number of hydrogen-bond donors (Lipinski definition) is 3. The Morgan fingerprint density at radius 1 is 0.804 bits per heavy atom. The number of nitrogens with zero attached hydrogens (tertiary/aromatic N) is 4. The van der Waals surface area contributed by atoms with Crippen LogP contribution in [0.15, 0.2) is 54.7 Å². The average molecular weight is 630 g/mol. The van der Waals surface area contributed by atoms with Gasteiger partial charge in [-0.25, -0.2) is 9.97 Å². The molecule has 1 saturated carbocycles. The van der Waals surface area contributed by atoms with E-state index >= 15 is 0 Å². The van der Waals surface area contributed by atoms with Crippen molar-refractivity contribution >= 4 is 29.1 Å². The predicted octanol–water partition coefficient (Wildman–Crippen LogP) is 6.25. The highest BCUT2D eigenvalue weighted by molar-refractivity contribution is 5.96. The van der Waals surface area contributed by atoms with Crippen LogP contribution in [0.1, 0.15) is 104 Å². The van der Waals surface area contributed by atoms with E-state index in [0.29, 0.717) is 17.3 Å².